The number of imidazole rings is 1. The van der Waals surface area contributed by atoms with E-state index >= 15 is 0 Å². The lowest BCUT2D eigenvalue weighted by atomic mass is 10.0. The van der Waals surface area contributed by atoms with E-state index in [0.29, 0.717) is 36.7 Å². The van der Waals surface area contributed by atoms with E-state index in [1.807, 2.05) is 48.7 Å². The van der Waals surface area contributed by atoms with Crippen LogP contribution in [0.2, 0.25) is 0 Å². The van der Waals surface area contributed by atoms with Gasteiger partial charge in [0.25, 0.3) is 0 Å². The van der Waals surface area contributed by atoms with Gasteiger partial charge in [0.1, 0.15) is 5.52 Å². The first kappa shape index (κ1) is 32.6. The Hall–Kier alpha value is -5.56. The van der Waals surface area contributed by atoms with E-state index in [1.54, 1.807) is 11.1 Å². The van der Waals surface area contributed by atoms with Crippen molar-refractivity contribution in [2.45, 2.75) is 63.6 Å². The minimum Gasteiger partial charge on any atom is -0.371 e. The Balaban J connectivity index is 0.871. The maximum Gasteiger partial charge on any atom is 0.328 e. The third-order valence-corrected chi connectivity index (χ3v) is 10.3. The van der Waals surface area contributed by atoms with Crippen molar-refractivity contribution < 1.29 is 9.59 Å². The van der Waals surface area contributed by atoms with Gasteiger partial charge in [0.2, 0.25) is 17.8 Å². The van der Waals surface area contributed by atoms with Crippen molar-refractivity contribution in [1.82, 2.24) is 34.7 Å². The number of carbonyl (C=O) groups excluding carboxylic acids is 2. The summed E-state index contributed by atoms with van der Waals surface area (Å²) in [6, 6.07) is 23.0. The van der Waals surface area contributed by atoms with Gasteiger partial charge in [0.15, 0.2) is 5.65 Å². The van der Waals surface area contributed by atoms with Gasteiger partial charge in [-0.25, -0.2) is 14.8 Å². The van der Waals surface area contributed by atoms with Gasteiger partial charge < -0.3 is 15.5 Å². The molecule has 5 heterocycles. The van der Waals surface area contributed by atoms with Crippen LogP contribution in [0.5, 0.6) is 0 Å². The molecule has 13 nitrogen and oxygen atoms in total. The minimum atomic E-state index is -0.392. The first-order chi connectivity index (χ1) is 25.0. The highest BCUT2D eigenvalue weighted by Crippen LogP contribution is 2.36. The summed E-state index contributed by atoms with van der Waals surface area (Å²) in [5.41, 5.74) is 6.43. The first-order valence-electron chi connectivity index (χ1n) is 17.9. The molecule has 262 valence electrons. The molecule has 3 fully saturated rings. The Morgan fingerprint density at radius 2 is 1.55 bits per heavy atom. The highest BCUT2D eigenvalue weighted by Gasteiger charge is 2.27. The van der Waals surface area contributed by atoms with Crippen LogP contribution >= 0.6 is 0 Å². The van der Waals surface area contributed by atoms with Crippen LogP contribution in [0.4, 0.5) is 39.4 Å². The maximum atomic E-state index is 12.2. The molecule has 3 aliphatic rings. The number of benzene rings is 2. The van der Waals surface area contributed by atoms with Gasteiger partial charge >= 0.3 is 6.03 Å². The van der Waals surface area contributed by atoms with Crippen LogP contribution in [0.1, 0.15) is 56.7 Å². The van der Waals surface area contributed by atoms with Gasteiger partial charge in [0, 0.05) is 61.7 Å². The predicted molar refractivity (Wildman–Crippen MR) is 199 cm³/mol. The second kappa shape index (κ2) is 14.4. The van der Waals surface area contributed by atoms with E-state index in [1.165, 1.54) is 18.5 Å². The third kappa shape index (κ3) is 7.20. The molecule has 0 unspecified atom stereocenters. The number of hydrogen-bond acceptors (Lipinski definition) is 10. The van der Waals surface area contributed by atoms with Crippen LogP contribution in [0.3, 0.4) is 0 Å². The van der Waals surface area contributed by atoms with Crippen LogP contribution in [-0.4, -0.2) is 74.1 Å². The molecule has 1 saturated carbocycles. The van der Waals surface area contributed by atoms with Crippen LogP contribution in [0, 0.1) is 0 Å². The summed E-state index contributed by atoms with van der Waals surface area (Å²) in [5, 5.41) is 9.30. The van der Waals surface area contributed by atoms with Gasteiger partial charge in [-0.05, 0) is 81.3 Å². The Morgan fingerprint density at radius 3 is 2.27 bits per heavy atom. The molecule has 0 spiro atoms. The summed E-state index contributed by atoms with van der Waals surface area (Å²) in [6.07, 6.45) is 10.6. The number of rotatable bonds is 10. The van der Waals surface area contributed by atoms with Crippen LogP contribution < -0.4 is 25.8 Å². The molecule has 1 aliphatic carbocycles. The van der Waals surface area contributed by atoms with Gasteiger partial charge in [0.05, 0.1) is 23.8 Å². The van der Waals surface area contributed by atoms with Gasteiger partial charge in [-0.1, -0.05) is 31.0 Å². The molecule has 2 aromatic carbocycles. The quantitative estimate of drug-likeness (QED) is 0.152. The minimum absolute atomic E-state index is 0.239. The van der Waals surface area contributed by atoms with Crippen molar-refractivity contribution >= 4 is 57.7 Å². The number of para-hydroxylation sites is 1. The Morgan fingerprint density at radius 1 is 0.804 bits per heavy atom. The van der Waals surface area contributed by atoms with Crippen LogP contribution in [0.25, 0.3) is 11.2 Å². The summed E-state index contributed by atoms with van der Waals surface area (Å²) in [4.78, 5) is 49.1. The van der Waals surface area contributed by atoms with Crippen molar-refractivity contribution in [1.29, 1.82) is 0 Å². The molecule has 8 rings (SSSR count). The zero-order chi connectivity index (χ0) is 34.7. The maximum absolute atomic E-state index is 12.2. The molecular weight excluding hydrogens is 642 g/mol. The summed E-state index contributed by atoms with van der Waals surface area (Å²) in [6.45, 7) is 3.05. The number of amides is 3. The number of nitrogens with one attached hydrogen (secondary N) is 3. The third-order valence-electron chi connectivity index (χ3n) is 10.3. The van der Waals surface area contributed by atoms with Gasteiger partial charge in [-0.2, -0.15) is 4.98 Å². The fourth-order valence-corrected chi connectivity index (χ4v) is 7.51. The lowest BCUT2D eigenvalue weighted by molar-refractivity contribution is -0.120. The number of anilines is 6. The van der Waals surface area contributed by atoms with Crippen molar-refractivity contribution in [3.63, 3.8) is 0 Å². The number of hydrogen-bond donors (Lipinski definition) is 3. The molecule has 2 saturated heterocycles. The van der Waals surface area contributed by atoms with Crippen molar-refractivity contribution in [2.24, 2.45) is 0 Å². The lowest BCUT2D eigenvalue weighted by Gasteiger charge is -2.38. The Bertz CT molecular complexity index is 1980. The standard InChI is InChI=1S/C38H43N11O2/c1-46(25-28-13-16-32(23-39-28)48-22-19-34(50)44-38(48)51)29-17-20-47(21-18-29)30-14-11-27(12-15-30)41-36-40-24-33-35(45-36)49(31-9-5-6-10-31)37(43-33)42-26-7-3-2-4-8-26/h2-4,7-8,11-16,23-24,29,31H,5-6,9-10,17-22,25H2,1H3,(H,42,43)(H,40,41,45)(H,44,50,51). The molecule has 0 bridgehead atoms. The van der Waals surface area contributed by atoms with E-state index in [0.717, 1.165) is 79.5 Å². The van der Waals surface area contributed by atoms with Crippen molar-refractivity contribution in [2.75, 3.05) is 47.1 Å². The van der Waals surface area contributed by atoms with Crippen LogP contribution in [0.15, 0.2) is 79.1 Å². The Labute approximate surface area is 297 Å². The highest BCUT2D eigenvalue weighted by molar-refractivity contribution is 6.05. The topological polar surface area (TPSA) is 136 Å². The highest BCUT2D eigenvalue weighted by atomic mass is 16.2. The van der Waals surface area contributed by atoms with Gasteiger partial charge in [-0.3, -0.25) is 29.5 Å². The smallest absolute Gasteiger partial charge is 0.328 e. The molecule has 2 aliphatic heterocycles. The van der Waals surface area contributed by atoms with E-state index in [-0.39, 0.29) is 5.91 Å². The van der Waals surface area contributed by atoms with Crippen molar-refractivity contribution in [3.8, 4) is 0 Å². The summed E-state index contributed by atoms with van der Waals surface area (Å²) in [7, 11) is 2.15. The summed E-state index contributed by atoms with van der Waals surface area (Å²) < 4.78 is 2.26. The molecule has 3 aromatic heterocycles. The van der Waals surface area contributed by atoms with E-state index < -0.39 is 6.03 Å². The van der Waals surface area contributed by atoms with E-state index in [9.17, 15) is 9.59 Å². The molecular formula is C38H43N11O2. The largest absolute Gasteiger partial charge is 0.371 e. The monoisotopic (exact) mass is 685 g/mol. The fraction of sp³-hybridized carbons (Fsp3) is 0.368. The number of urea groups is 1. The van der Waals surface area contributed by atoms with Gasteiger partial charge in [-0.15, -0.1) is 0 Å². The number of fused-ring (bicyclic) bond motifs is 1. The molecule has 13 heteroatoms. The van der Waals surface area contributed by atoms with Crippen molar-refractivity contribution in [3.05, 3.63) is 84.8 Å². The first-order valence-corrected chi connectivity index (χ1v) is 17.9. The number of pyridine rings is 1. The summed E-state index contributed by atoms with van der Waals surface area (Å²) >= 11 is 0. The molecule has 0 radical (unpaired) electrons. The number of imide groups is 1. The number of aromatic nitrogens is 5. The van der Waals surface area contributed by atoms with E-state index in [4.69, 9.17) is 9.97 Å². The number of piperidine rings is 1. The average molecular weight is 686 g/mol. The fourth-order valence-electron chi connectivity index (χ4n) is 7.51. The SMILES string of the molecule is CN(Cc1ccc(N2CCC(=O)NC2=O)cn1)C1CCN(c2ccc(Nc3ncc4nc(Nc5ccccc5)n(C5CCCC5)c4n3)cc2)CC1. The molecule has 51 heavy (non-hydrogen) atoms. The number of carbonyl (C=O) groups is 2. The molecule has 5 aromatic rings. The average Bonchev–Trinajstić information content (AvgIpc) is 3.81. The predicted octanol–water partition coefficient (Wildman–Crippen LogP) is 6.37. The second-order valence-electron chi connectivity index (χ2n) is 13.7. The van der Waals surface area contributed by atoms with Crippen LogP contribution in [-0.2, 0) is 11.3 Å². The molecule has 0 atom stereocenters. The van der Waals surface area contributed by atoms with E-state index in [2.05, 4.69) is 71.6 Å². The normalized spacial score (nSPS) is 17.4. The zero-order valence-corrected chi connectivity index (χ0v) is 28.8. The number of nitrogens with zero attached hydrogens (tertiary/aromatic N) is 8. The Kier molecular flexibility index (Phi) is 9.18. The molecule has 3 amide bonds. The second-order valence-corrected chi connectivity index (χ2v) is 13.7. The lowest BCUT2D eigenvalue weighted by Crippen LogP contribution is -2.49. The molecule has 3 N–H and O–H groups in total. The summed E-state index contributed by atoms with van der Waals surface area (Å²) in [5.74, 6) is 1.13. The zero-order valence-electron chi connectivity index (χ0n) is 28.8.